The Morgan fingerprint density at radius 2 is 1.71 bits per heavy atom. The fourth-order valence-corrected chi connectivity index (χ4v) is 7.96. The van der Waals surface area contributed by atoms with E-state index < -0.39 is 18.5 Å². The van der Waals surface area contributed by atoms with Gasteiger partial charge in [-0.1, -0.05) is 25.5 Å². The maximum atomic E-state index is 10.4. The standard InChI is InChI=1S/C23H38O5/c1-22-10-9-19-16(7-4-13-3-6-15(24)12-23(13,19)2)18(22)8-5-14(22)11-17(20(25)26)21(27)28/h4,14-21,24-28H,3,5-12H2,1-2H3/t14-,15?,16+,18+,19+,22-,23+/m1/s1. The quantitative estimate of drug-likeness (QED) is 0.373. The molecule has 0 amide bonds. The van der Waals surface area contributed by atoms with E-state index in [0.29, 0.717) is 30.1 Å². The second-order valence-corrected chi connectivity index (χ2v) is 10.7. The van der Waals surface area contributed by atoms with Crippen molar-refractivity contribution in [3.63, 3.8) is 0 Å². The lowest BCUT2D eigenvalue weighted by Crippen LogP contribution is -2.51. The van der Waals surface area contributed by atoms with Gasteiger partial charge in [0.1, 0.15) is 0 Å². The lowest BCUT2D eigenvalue weighted by atomic mass is 9.47. The van der Waals surface area contributed by atoms with Crippen molar-refractivity contribution in [3.8, 4) is 0 Å². The lowest BCUT2D eigenvalue weighted by molar-refractivity contribution is -0.187. The monoisotopic (exact) mass is 394 g/mol. The van der Waals surface area contributed by atoms with E-state index >= 15 is 0 Å². The van der Waals surface area contributed by atoms with E-state index in [-0.39, 0.29) is 16.9 Å². The van der Waals surface area contributed by atoms with Gasteiger partial charge in [-0.25, -0.2) is 0 Å². The summed E-state index contributed by atoms with van der Waals surface area (Å²) in [5.41, 5.74) is 1.83. The largest absolute Gasteiger partial charge is 0.393 e. The molecule has 4 rings (SSSR count). The lowest BCUT2D eigenvalue weighted by Gasteiger charge is -2.58. The molecule has 28 heavy (non-hydrogen) atoms. The predicted molar refractivity (Wildman–Crippen MR) is 106 cm³/mol. The molecule has 0 radical (unpaired) electrons. The zero-order chi connectivity index (χ0) is 20.3. The molecule has 5 nitrogen and oxygen atoms in total. The van der Waals surface area contributed by atoms with Crippen LogP contribution in [-0.4, -0.2) is 44.2 Å². The average molecular weight is 395 g/mol. The molecule has 0 spiro atoms. The van der Waals surface area contributed by atoms with Crippen LogP contribution in [0.1, 0.15) is 71.6 Å². The highest BCUT2D eigenvalue weighted by Gasteiger charge is 2.59. The van der Waals surface area contributed by atoms with Crippen LogP contribution in [0.3, 0.4) is 0 Å². The Bertz CT molecular complexity index is 608. The Balaban J connectivity index is 1.56. The van der Waals surface area contributed by atoms with E-state index in [1.165, 1.54) is 0 Å². The molecule has 160 valence electrons. The van der Waals surface area contributed by atoms with Crippen LogP contribution < -0.4 is 0 Å². The van der Waals surface area contributed by atoms with Crippen LogP contribution >= 0.6 is 0 Å². The van der Waals surface area contributed by atoms with Gasteiger partial charge in [-0.3, -0.25) is 0 Å². The van der Waals surface area contributed by atoms with Crippen LogP contribution in [0.5, 0.6) is 0 Å². The van der Waals surface area contributed by atoms with Crippen LogP contribution in [0.15, 0.2) is 11.6 Å². The SMILES string of the molecule is C[C@]12CC[C@H]3[C@@H](CC=C4CCC(O)C[C@@]43C)[C@@H]1CC[C@@H]2CC(C(O)O)C(O)O. The number of aliphatic hydroxyl groups is 5. The maximum Gasteiger partial charge on any atom is 0.159 e. The summed E-state index contributed by atoms with van der Waals surface area (Å²) in [5.74, 6) is 1.24. The first-order valence-corrected chi connectivity index (χ1v) is 11.3. The van der Waals surface area contributed by atoms with Gasteiger partial charge in [-0.15, -0.1) is 0 Å². The Hall–Kier alpha value is -0.460. The van der Waals surface area contributed by atoms with E-state index in [4.69, 9.17) is 0 Å². The molecule has 0 aromatic heterocycles. The summed E-state index contributed by atoms with van der Waals surface area (Å²) in [6, 6.07) is 0. The van der Waals surface area contributed by atoms with Gasteiger partial charge >= 0.3 is 0 Å². The molecule has 3 saturated carbocycles. The summed E-state index contributed by atoms with van der Waals surface area (Å²) in [5, 5.41) is 48.8. The predicted octanol–water partition coefficient (Wildman–Crippen LogP) is 2.55. The summed E-state index contributed by atoms with van der Waals surface area (Å²) in [6.07, 6.45) is 7.76. The number of hydrogen-bond acceptors (Lipinski definition) is 5. The number of fused-ring (bicyclic) bond motifs is 5. The highest BCUT2D eigenvalue weighted by Crippen LogP contribution is 2.66. The fraction of sp³-hybridized carbons (Fsp3) is 0.913. The van der Waals surface area contributed by atoms with E-state index in [2.05, 4.69) is 19.9 Å². The van der Waals surface area contributed by atoms with Crippen molar-refractivity contribution in [1.82, 2.24) is 0 Å². The third-order valence-electron chi connectivity index (χ3n) is 9.55. The van der Waals surface area contributed by atoms with E-state index in [1.807, 2.05) is 0 Å². The van der Waals surface area contributed by atoms with Gasteiger partial charge in [0.05, 0.1) is 12.0 Å². The van der Waals surface area contributed by atoms with E-state index in [9.17, 15) is 25.5 Å². The summed E-state index contributed by atoms with van der Waals surface area (Å²) < 4.78 is 0. The van der Waals surface area contributed by atoms with Gasteiger partial charge in [0.15, 0.2) is 12.6 Å². The molecule has 0 saturated heterocycles. The summed E-state index contributed by atoms with van der Waals surface area (Å²) in [6.45, 7) is 4.74. The van der Waals surface area contributed by atoms with E-state index in [1.54, 1.807) is 5.57 Å². The van der Waals surface area contributed by atoms with Gasteiger partial charge in [0, 0.05) is 0 Å². The summed E-state index contributed by atoms with van der Waals surface area (Å²) >= 11 is 0. The highest BCUT2D eigenvalue weighted by molar-refractivity contribution is 5.25. The number of allylic oxidation sites excluding steroid dienone is 2. The topological polar surface area (TPSA) is 101 Å². The molecule has 1 unspecified atom stereocenters. The van der Waals surface area contributed by atoms with Gasteiger partial charge in [-0.05, 0) is 92.3 Å². The normalized spacial score (nSPS) is 45.8. The van der Waals surface area contributed by atoms with Gasteiger partial charge < -0.3 is 25.5 Å². The van der Waals surface area contributed by atoms with Crippen LogP contribution in [0.25, 0.3) is 0 Å². The van der Waals surface area contributed by atoms with Crippen molar-refractivity contribution in [2.24, 2.45) is 40.4 Å². The second-order valence-electron chi connectivity index (χ2n) is 10.7. The third-order valence-corrected chi connectivity index (χ3v) is 9.55. The van der Waals surface area contributed by atoms with Crippen molar-refractivity contribution < 1.29 is 25.5 Å². The summed E-state index contributed by atoms with van der Waals surface area (Å²) in [7, 11) is 0. The van der Waals surface area contributed by atoms with Crippen LogP contribution in [0.2, 0.25) is 0 Å². The average Bonchev–Trinajstić information content (AvgIpc) is 2.94. The molecule has 4 aliphatic carbocycles. The van der Waals surface area contributed by atoms with Gasteiger partial charge in [0.2, 0.25) is 0 Å². The second kappa shape index (κ2) is 7.35. The molecule has 0 aromatic carbocycles. The van der Waals surface area contributed by atoms with Gasteiger partial charge in [0.25, 0.3) is 0 Å². The van der Waals surface area contributed by atoms with E-state index in [0.717, 1.165) is 51.4 Å². The minimum absolute atomic E-state index is 0.123. The van der Waals surface area contributed by atoms with Crippen LogP contribution in [0, 0.1) is 40.4 Å². The van der Waals surface area contributed by atoms with Crippen molar-refractivity contribution in [2.75, 3.05) is 0 Å². The van der Waals surface area contributed by atoms with Gasteiger partial charge in [-0.2, -0.15) is 0 Å². The van der Waals surface area contributed by atoms with Crippen molar-refractivity contribution in [3.05, 3.63) is 11.6 Å². The minimum atomic E-state index is -1.69. The number of aliphatic hydroxyl groups excluding tert-OH is 3. The Morgan fingerprint density at radius 1 is 1.00 bits per heavy atom. The molecule has 0 aliphatic heterocycles. The molecular formula is C23H38O5. The molecule has 7 atom stereocenters. The first-order chi connectivity index (χ1) is 13.2. The Labute approximate surface area is 168 Å². The number of rotatable bonds is 4. The van der Waals surface area contributed by atoms with Crippen LogP contribution in [0.4, 0.5) is 0 Å². The smallest absolute Gasteiger partial charge is 0.159 e. The third kappa shape index (κ3) is 3.18. The first-order valence-electron chi connectivity index (χ1n) is 11.3. The van der Waals surface area contributed by atoms with Crippen molar-refractivity contribution >= 4 is 0 Å². The molecule has 0 aromatic rings. The molecular weight excluding hydrogens is 356 g/mol. The number of hydrogen-bond donors (Lipinski definition) is 5. The fourth-order valence-electron chi connectivity index (χ4n) is 7.96. The zero-order valence-electron chi connectivity index (χ0n) is 17.3. The maximum absolute atomic E-state index is 10.4. The van der Waals surface area contributed by atoms with Crippen LogP contribution in [-0.2, 0) is 0 Å². The first kappa shape index (κ1) is 20.8. The Kier molecular flexibility index (Phi) is 5.46. The minimum Gasteiger partial charge on any atom is -0.393 e. The molecule has 4 aliphatic rings. The molecule has 5 N–H and O–H groups in total. The molecule has 3 fully saturated rings. The summed E-state index contributed by atoms with van der Waals surface area (Å²) in [4.78, 5) is 0. The van der Waals surface area contributed by atoms with Crippen molar-refractivity contribution in [2.45, 2.75) is 90.3 Å². The molecule has 0 bridgehead atoms. The Morgan fingerprint density at radius 3 is 2.39 bits per heavy atom. The zero-order valence-corrected chi connectivity index (χ0v) is 17.3. The molecule has 0 heterocycles. The molecule has 5 heteroatoms. The highest BCUT2D eigenvalue weighted by atomic mass is 16.5. The van der Waals surface area contributed by atoms with Crippen molar-refractivity contribution in [1.29, 1.82) is 0 Å².